The highest BCUT2D eigenvalue weighted by Gasteiger charge is 2.32. The van der Waals surface area contributed by atoms with E-state index in [0.717, 1.165) is 10.2 Å². The van der Waals surface area contributed by atoms with E-state index in [1.807, 2.05) is 13.8 Å². The lowest BCUT2D eigenvalue weighted by Gasteiger charge is -2.17. The van der Waals surface area contributed by atoms with Gasteiger partial charge < -0.3 is 14.2 Å². The molecule has 6 heteroatoms. The van der Waals surface area contributed by atoms with E-state index in [9.17, 15) is 0 Å². The van der Waals surface area contributed by atoms with Crippen LogP contribution in [0, 0.1) is 0 Å². The second kappa shape index (κ2) is 6.33. The van der Waals surface area contributed by atoms with Gasteiger partial charge in [-0.2, -0.15) is 0 Å². The summed E-state index contributed by atoms with van der Waals surface area (Å²) in [6.07, 6.45) is 0.956. The van der Waals surface area contributed by atoms with Gasteiger partial charge in [0.1, 0.15) is 6.10 Å². The maximum atomic E-state index is 5.67. The summed E-state index contributed by atoms with van der Waals surface area (Å²) in [4.78, 5) is 0. The maximum Gasteiger partial charge on any atom is 0.163 e. The molecule has 0 radical (unpaired) electrons. The molecule has 0 spiro atoms. The van der Waals surface area contributed by atoms with Gasteiger partial charge in [0, 0.05) is 0 Å². The normalized spacial score (nSPS) is 22.6. The lowest BCUT2D eigenvalue weighted by atomic mass is 10.2. The Morgan fingerprint density at radius 2 is 2.28 bits per heavy atom. The van der Waals surface area contributed by atoms with Crippen molar-refractivity contribution in [3.8, 4) is 0 Å². The monoisotopic (exact) mass is 398 g/mol. The summed E-state index contributed by atoms with van der Waals surface area (Å²) in [5.74, 6) is -0.463. The van der Waals surface area contributed by atoms with Crippen LogP contribution in [0.4, 0.5) is 0 Å². The van der Waals surface area contributed by atoms with Crippen LogP contribution in [-0.4, -0.2) is 31.7 Å². The van der Waals surface area contributed by atoms with Crippen LogP contribution in [0.25, 0.3) is 0 Å². The Hall–Kier alpha value is 0.540. The van der Waals surface area contributed by atoms with Gasteiger partial charge in [0.05, 0.1) is 27.4 Å². The van der Waals surface area contributed by atoms with Crippen LogP contribution in [0.1, 0.15) is 19.4 Å². The second-order valence-electron chi connectivity index (χ2n) is 4.63. The Labute approximate surface area is 128 Å². The lowest BCUT2D eigenvalue weighted by molar-refractivity contribution is -0.144. The Kier molecular flexibility index (Phi) is 5.25. The van der Waals surface area contributed by atoms with E-state index in [4.69, 9.17) is 14.2 Å². The zero-order chi connectivity index (χ0) is 13.2. The number of halogens is 2. The largest absolute Gasteiger partial charge is 0.378 e. The molecule has 0 aromatic carbocycles. The number of thiophene rings is 1. The van der Waals surface area contributed by atoms with Crippen molar-refractivity contribution in [2.75, 3.05) is 19.8 Å². The van der Waals surface area contributed by atoms with E-state index in [1.165, 1.54) is 9.35 Å². The SMILES string of the molecule is CC1(C)OC[C@H](COCCc2cc(Br)sc2Br)O1. The third-order valence-electron chi connectivity index (χ3n) is 2.61. The minimum Gasteiger partial charge on any atom is -0.378 e. The average Bonchev–Trinajstić information content (AvgIpc) is 2.77. The minimum absolute atomic E-state index is 0.0534. The smallest absolute Gasteiger partial charge is 0.163 e. The summed E-state index contributed by atoms with van der Waals surface area (Å²) in [6.45, 7) is 5.75. The molecule has 1 fully saturated rings. The molecule has 2 rings (SSSR count). The molecule has 18 heavy (non-hydrogen) atoms. The van der Waals surface area contributed by atoms with Crippen LogP contribution in [0.15, 0.2) is 13.6 Å². The second-order valence-corrected chi connectivity index (χ2v) is 8.37. The molecule has 1 saturated heterocycles. The van der Waals surface area contributed by atoms with Crippen molar-refractivity contribution < 1.29 is 14.2 Å². The van der Waals surface area contributed by atoms with Crippen molar-refractivity contribution in [3.05, 3.63) is 19.2 Å². The van der Waals surface area contributed by atoms with Gasteiger partial charge >= 0.3 is 0 Å². The molecule has 0 unspecified atom stereocenters. The average molecular weight is 400 g/mol. The Morgan fingerprint density at radius 3 is 2.83 bits per heavy atom. The summed E-state index contributed by atoms with van der Waals surface area (Å²) in [7, 11) is 0. The van der Waals surface area contributed by atoms with Crippen molar-refractivity contribution in [1.29, 1.82) is 0 Å². The van der Waals surface area contributed by atoms with Gasteiger partial charge in [0.15, 0.2) is 5.79 Å². The van der Waals surface area contributed by atoms with E-state index >= 15 is 0 Å². The zero-order valence-corrected chi connectivity index (χ0v) is 14.4. The fourth-order valence-corrected chi connectivity index (χ4v) is 4.70. The summed E-state index contributed by atoms with van der Waals surface area (Å²) in [5, 5.41) is 0. The lowest BCUT2D eigenvalue weighted by Crippen LogP contribution is -2.24. The third kappa shape index (κ3) is 4.28. The van der Waals surface area contributed by atoms with Gasteiger partial charge in [-0.15, -0.1) is 11.3 Å². The molecular weight excluding hydrogens is 384 g/mol. The van der Waals surface area contributed by atoms with E-state index in [2.05, 4.69) is 37.9 Å². The van der Waals surface area contributed by atoms with Gasteiger partial charge in [-0.1, -0.05) is 0 Å². The topological polar surface area (TPSA) is 27.7 Å². The number of hydrogen-bond donors (Lipinski definition) is 0. The van der Waals surface area contributed by atoms with Crippen LogP contribution in [-0.2, 0) is 20.6 Å². The Bertz CT molecular complexity index is 406. The first-order valence-corrected chi connectivity index (χ1v) is 8.20. The molecule has 1 aliphatic heterocycles. The van der Waals surface area contributed by atoms with E-state index < -0.39 is 5.79 Å². The van der Waals surface area contributed by atoms with Crippen molar-refractivity contribution in [2.45, 2.75) is 32.2 Å². The molecule has 2 heterocycles. The molecule has 0 bridgehead atoms. The first-order chi connectivity index (χ1) is 8.46. The molecule has 0 amide bonds. The molecular formula is C12H16Br2O3S. The summed E-state index contributed by atoms with van der Waals surface area (Å²) in [5.41, 5.74) is 1.27. The summed E-state index contributed by atoms with van der Waals surface area (Å²) < 4.78 is 19.1. The van der Waals surface area contributed by atoms with Crippen LogP contribution >= 0.6 is 43.2 Å². The van der Waals surface area contributed by atoms with Crippen LogP contribution < -0.4 is 0 Å². The third-order valence-corrected chi connectivity index (χ3v) is 5.08. The number of ether oxygens (including phenoxy) is 3. The van der Waals surface area contributed by atoms with Crippen LogP contribution in [0.3, 0.4) is 0 Å². The minimum atomic E-state index is -0.463. The molecule has 102 valence electrons. The van der Waals surface area contributed by atoms with E-state index in [1.54, 1.807) is 11.3 Å². The highest BCUT2D eigenvalue weighted by atomic mass is 79.9. The fraction of sp³-hybridized carbons (Fsp3) is 0.667. The fourth-order valence-electron chi connectivity index (χ4n) is 1.79. The van der Waals surface area contributed by atoms with E-state index in [0.29, 0.717) is 19.8 Å². The molecule has 3 nitrogen and oxygen atoms in total. The standard InChI is InChI=1S/C12H16Br2O3S/c1-12(2)16-7-9(17-12)6-15-4-3-8-5-10(13)18-11(8)14/h5,9H,3-4,6-7H2,1-2H3/t9-/m0/s1. The van der Waals surface area contributed by atoms with Gasteiger partial charge in [0.25, 0.3) is 0 Å². The summed E-state index contributed by atoms with van der Waals surface area (Å²) >= 11 is 8.69. The molecule has 0 saturated carbocycles. The van der Waals surface area contributed by atoms with Crippen molar-refractivity contribution in [3.63, 3.8) is 0 Å². The zero-order valence-electron chi connectivity index (χ0n) is 10.4. The van der Waals surface area contributed by atoms with Gasteiger partial charge in [0.2, 0.25) is 0 Å². The van der Waals surface area contributed by atoms with Crippen molar-refractivity contribution >= 4 is 43.2 Å². The van der Waals surface area contributed by atoms with Gasteiger partial charge in [-0.25, -0.2) is 0 Å². The van der Waals surface area contributed by atoms with Gasteiger partial charge in [-0.05, 0) is 63.8 Å². The molecule has 0 N–H and O–H groups in total. The molecule has 0 aliphatic carbocycles. The first kappa shape index (κ1) is 14.9. The van der Waals surface area contributed by atoms with Crippen LogP contribution in [0.2, 0.25) is 0 Å². The van der Waals surface area contributed by atoms with E-state index in [-0.39, 0.29) is 6.10 Å². The van der Waals surface area contributed by atoms with Gasteiger partial charge in [-0.3, -0.25) is 0 Å². The molecule has 1 aromatic heterocycles. The first-order valence-electron chi connectivity index (χ1n) is 5.79. The molecule has 1 aromatic rings. The molecule has 1 aliphatic rings. The van der Waals surface area contributed by atoms with Crippen LogP contribution in [0.5, 0.6) is 0 Å². The number of rotatable bonds is 5. The van der Waals surface area contributed by atoms with Crippen molar-refractivity contribution in [2.24, 2.45) is 0 Å². The summed E-state index contributed by atoms with van der Waals surface area (Å²) in [6, 6.07) is 2.12. The quantitative estimate of drug-likeness (QED) is 0.700. The predicted molar refractivity (Wildman–Crippen MR) is 79.1 cm³/mol. The predicted octanol–water partition coefficient (Wildman–Crippen LogP) is 3.98. The highest BCUT2D eigenvalue weighted by molar-refractivity contribution is 9.12. The Morgan fingerprint density at radius 1 is 1.50 bits per heavy atom. The molecule has 1 atom stereocenters. The number of hydrogen-bond acceptors (Lipinski definition) is 4. The Balaban J connectivity index is 1.66. The highest BCUT2D eigenvalue weighted by Crippen LogP contribution is 2.32. The van der Waals surface area contributed by atoms with Crippen molar-refractivity contribution in [1.82, 2.24) is 0 Å². The maximum absolute atomic E-state index is 5.67.